The van der Waals surface area contributed by atoms with Crippen LogP contribution < -0.4 is 10.6 Å². The molecule has 9 nitrogen and oxygen atoms in total. The van der Waals surface area contributed by atoms with Crippen LogP contribution in [0.4, 0.5) is 0 Å². The van der Waals surface area contributed by atoms with Crippen LogP contribution in [-0.4, -0.2) is 60.1 Å². The summed E-state index contributed by atoms with van der Waals surface area (Å²) in [5, 5.41) is 5.31. The fourth-order valence-electron chi connectivity index (χ4n) is 3.09. The maximum absolute atomic E-state index is 12.4. The number of rotatable bonds is 9. The minimum absolute atomic E-state index is 0.279. The molecule has 2 aliphatic heterocycles. The number of amides is 4. The third-order valence-electron chi connectivity index (χ3n) is 4.86. The average Bonchev–Trinajstić information content (AvgIpc) is 2.98. The van der Waals surface area contributed by atoms with E-state index in [2.05, 4.69) is 10.6 Å². The third-order valence-corrected chi connectivity index (χ3v) is 4.86. The van der Waals surface area contributed by atoms with Crippen LogP contribution in [0.1, 0.15) is 47.0 Å². The van der Waals surface area contributed by atoms with Crippen molar-refractivity contribution >= 4 is 23.6 Å². The van der Waals surface area contributed by atoms with Gasteiger partial charge in [0.15, 0.2) is 5.79 Å². The van der Waals surface area contributed by atoms with Crippen molar-refractivity contribution in [2.45, 2.75) is 58.8 Å². The van der Waals surface area contributed by atoms with Gasteiger partial charge in [0, 0.05) is 42.9 Å². The molecule has 166 valence electrons. The van der Waals surface area contributed by atoms with Crippen molar-refractivity contribution in [1.82, 2.24) is 15.5 Å². The van der Waals surface area contributed by atoms with E-state index in [1.165, 1.54) is 29.3 Å². The van der Waals surface area contributed by atoms with Gasteiger partial charge in [-0.3, -0.25) is 24.1 Å². The van der Waals surface area contributed by atoms with Crippen LogP contribution in [0.5, 0.6) is 0 Å². The number of nitrogens with zero attached hydrogens (tertiary/aromatic N) is 1. The molecule has 2 rings (SSSR count). The predicted molar refractivity (Wildman–Crippen MR) is 109 cm³/mol. The van der Waals surface area contributed by atoms with Crippen LogP contribution in [0.2, 0.25) is 0 Å². The Morgan fingerprint density at radius 1 is 1.13 bits per heavy atom. The predicted octanol–water partition coefficient (Wildman–Crippen LogP) is 1.01. The Kier molecular flexibility index (Phi) is 7.91. The van der Waals surface area contributed by atoms with Gasteiger partial charge in [-0.1, -0.05) is 13.8 Å². The molecule has 0 bridgehead atoms. The first-order valence-electron chi connectivity index (χ1n) is 10.1. The lowest BCUT2D eigenvalue weighted by Gasteiger charge is -2.44. The molecule has 0 aromatic heterocycles. The number of nitrogens with one attached hydrogen (secondary N) is 2. The van der Waals surface area contributed by atoms with Crippen LogP contribution in [0, 0.1) is 5.41 Å². The summed E-state index contributed by atoms with van der Waals surface area (Å²) in [5.74, 6) is -2.06. The van der Waals surface area contributed by atoms with E-state index in [0.717, 1.165) is 12.8 Å². The summed E-state index contributed by atoms with van der Waals surface area (Å²) in [7, 11) is 0. The first-order valence-corrected chi connectivity index (χ1v) is 10.1. The summed E-state index contributed by atoms with van der Waals surface area (Å²) in [6.07, 6.45) is 6.56. The van der Waals surface area contributed by atoms with Gasteiger partial charge in [-0.25, -0.2) is 0 Å². The molecular weight excluding hydrogens is 390 g/mol. The van der Waals surface area contributed by atoms with Gasteiger partial charge in [-0.15, -0.1) is 0 Å². The molecule has 1 atom stereocenters. The van der Waals surface area contributed by atoms with Crippen molar-refractivity contribution in [3.05, 3.63) is 24.4 Å². The number of ether oxygens (including phenoxy) is 2. The Morgan fingerprint density at radius 3 is 2.47 bits per heavy atom. The van der Waals surface area contributed by atoms with Crippen molar-refractivity contribution in [2.75, 3.05) is 19.7 Å². The van der Waals surface area contributed by atoms with Crippen molar-refractivity contribution < 1.29 is 28.7 Å². The Labute approximate surface area is 176 Å². The van der Waals surface area contributed by atoms with E-state index in [9.17, 15) is 19.2 Å². The van der Waals surface area contributed by atoms with Gasteiger partial charge < -0.3 is 20.1 Å². The fraction of sp³-hybridized carbons (Fsp3) is 0.619. The standard InChI is InChI=1S/C21H31N3O6/c1-20(2)14-29-21(3,4)30-18(20)19(28)23-12-10-15(25)22-11-6-5-7-13-24-16(26)8-9-17(24)27/h8-10,12,18H,5-7,11,13-14H2,1-4H3,(H,22,25)(H,23,28)/b12-10+/t18-/m0/s1. The van der Waals surface area contributed by atoms with Gasteiger partial charge in [-0.2, -0.15) is 0 Å². The summed E-state index contributed by atoms with van der Waals surface area (Å²) < 4.78 is 11.3. The SMILES string of the molecule is CC1(C)OCC(C)(C)[C@H](C(=O)N/C=C/C(=O)NCCCCCN2C(=O)C=CC2=O)O1. The van der Waals surface area contributed by atoms with E-state index in [1.54, 1.807) is 13.8 Å². The molecular formula is C21H31N3O6. The van der Waals surface area contributed by atoms with Gasteiger partial charge in [0.05, 0.1) is 6.61 Å². The van der Waals surface area contributed by atoms with Crippen LogP contribution in [0.3, 0.4) is 0 Å². The molecule has 0 unspecified atom stereocenters. The van der Waals surface area contributed by atoms with Gasteiger partial charge in [0.2, 0.25) is 5.91 Å². The first-order chi connectivity index (χ1) is 14.0. The Morgan fingerprint density at radius 2 is 1.80 bits per heavy atom. The zero-order valence-electron chi connectivity index (χ0n) is 18.0. The molecule has 1 fully saturated rings. The number of hydrogen-bond donors (Lipinski definition) is 2. The van der Waals surface area contributed by atoms with Gasteiger partial charge in [-0.05, 0) is 33.1 Å². The molecule has 0 aromatic rings. The fourth-order valence-corrected chi connectivity index (χ4v) is 3.09. The lowest BCUT2D eigenvalue weighted by atomic mass is 9.85. The van der Waals surface area contributed by atoms with Crippen LogP contribution >= 0.6 is 0 Å². The lowest BCUT2D eigenvalue weighted by Crippen LogP contribution is -2.55. The molecule has 4 amide bonds. The van der Waals surface area contributed by atoms with E-state index in [1.807, 2.05) is 13.8 Å². The molecule has 0 radical (unpaired) electrons. The second-order valence-electron chi connectivity index (χ2n) is 8.53. The zero-order chi connectivity index (χ0) is 22.4. The van der Waals surface area contributed by atoms with Gasteiger partial charge in [0.25, 0.3) is 17.7 Å². The van der Waals surface area contributed by atoms with E-state index in [0.29, 0.717) is 26.1 Å². The summed E-state index contributed by atoms with van der Waals surface area (Å²) in [4.78, 5) is 48.3. The van der Waals surface area contributed by atoms with Crippen LogP contribution in [-0.2, 0) is 28.7 Å². The summed E-state index contributed by atoms with van der Waals surface area (Å²) in [6.45, 7) is 8.50. The molecule has 0 spiro atoms. The highest BCUT2D eigenvalue weighted by atomic mass is 16.7. The average molecular weight is 421 g/mol. The van der Waals surface area contributed by atoms with E-state index in [-0.39, 0.29) is 23.6 Å². The van der Waals surface area contributed by atoms with E-state index in [4.69, 9.17) is 9.47 Å². The highest BCUT2D eigenvalue weighted by Gasteiger charge is 2.45. The molecule has 30 heavy (non-hydrogen) atoms. The Hall–Kier alpha value is -2.52. The zero-order valence-corrected chi connectivity index (χ0v) is 18.0. The Bertz CT molecular complexity index is 723. The minimum atomic E-state index is -0.843. The number of carbonyl (C=O) groups is 4. The highest BCUT2D eigenvalue weighted by molar-refractivity contribution is 6.12. The maximum Gasteiger partial charge on any atom is 0.253 e. The minimum Gasteiger partial charge on any atom is -0.353 e. The van der Waals surface area contributed by atoms with Crippen molar-refractivity contribution in [1.29, 1.82) is 0 Å². The second kappa shape index (κ2) is 9.99. The molecule has 0 saturated carbocycles. The normalized spacial score (nSPS) is 22.5. The quantitative estimate of drug-likeness (QED) is 0.326. The Balaban J connectivity index is 1.62. The summed E-state index contributed by atoms with van der Waals surface area (Å²) in [5.41, 5.74) is -0.490. The molecule has 2 N–H and O–H groups in total. The molecule has 1 saturated heterocycles. The summed E-state index contributed by atoms with van der Waals surface area (Å²) >= 11 is 0. The highest BCUT2D eigenvalue weighted by Crippen LogP contribution is 2.34. The van der Waals surface area contributed by atoms with Crippen molar-refractivity contribution in [3.63, 3.8) is 0 Å². The number of imide groups is 1. The number of hydrogen-bond acceptors (Lipinski definition) is 6. The van der Waals surface area contributed by atoms with Gasteiger partial charge >= 0.3 is 0 Å². The lowest BCUT2D eigenvalue weighted by molar-refractivity contribution is -0.303. The van der Waals surface area contributed by atoms with E-state index < -0.39 is 17.3 Å². The largest absolute Gasteiger partial charge is 0.353 e. The van der Waals surface area contributed by atoms with Crippen molar-refractivity contribution in [3.8, 4) is 0 Å². The first kappa shape index (κ1) is 23.8. The summed E-state index contributed by atoms with van der Waals surface area (Å²) in [6, 6.07) is 0. The van der Waals surface area contributed by atoms with Crippen LogP contribution in [0.15, 0.2) is 24.4 Å². The maximum atomic E-state index is 12.4. The molecule has 2 heterocycles. The third kappa shape index (κ3) is 6.77. The number of unbranched alkanes of at least 4 members (excludes halogenated alkanes) is 2. The molecule has 0 aliphatic carbocycles. The molecule has 0 aromatic carbocycles. The monoisotopic (exact) mass is 421 g/mol. The smallest absolute Gasteiger partial charge is 0.253 e. The molecule has 9 heteroatoms. The molecule has 2 aliphatic rings. The van der Waals surface area contributed by atoms with Gasteiger partial charge in [0.1, 0.15) is 6.10 Å². The number of carbonyl (C=O) groups excluding carboxylic acids is 4. The topological polar surface area (TPSA) is 114 Å². The van der Waals surface area contributed by atoms with Crippen LogP contribution in [0.25, 0.3) is 0 Å². The van der Waals surface area contributed by atoms with E-state index >= 15 is 0 Å². The van der Waals surface area contributed by atoms with Crippen molar-refractivity contribution in [2.24, 2.45) is 5.41 Å². The second-order valence-corrected chi connectivity index (χ2v) is 8.53.